The maximum absolute atomic E-state index is 11.7. The van der Waals surface area contributed by atoms with Crippen LogP contribution in [-0.4, -0.2) is 17.4 Å². The maximum Gasteiger partial charge on any atom is 0.223 e. The Morgan fingerprint density at radius 3 is 3.20 bits per heavy atom. The quantitative estimate of drug-likeness (QED) is 0.650. The van der Waals surface area contributed by atoms with E-state index < -0.39 is 0 Å². The molecule has 1 saturated heterocycles. The number of carbonyl (C=O) groups is 1. The zero-order valence-corrected chi connectivity index (χ0v) is 8.95. The Labute approximate surface area is 89.1 Å². The number of fused-ring (bicyclic) bond motifs is 3. The molecule has 3 rings (SSSR count). The number of hydrogen-bond donors (Lipinski definition) is 0. The molecule has 1 fully saturated rings. The highest BCUT2D eigenvalue weighted by Crippen LogP contribution is 2.38. The summed E-state index contributed by atoms with van der Waals surface area (Å²) in [5, 5.41) is 0. The van der Waals surface area contributed by atoms with Crippen LogP contribution in [0.25, 0.3) is 0 Å². The monoisotopic (exact) mass is 205 g/mol. The van der Waals surface area contributed by atoms with Gasteiger partial charge in [-0.2, -0.15) is 0 Å². The molecule has 15 heavy (non-hydrogen) atoms. The van der Waals surface area contributed by atoms with Gasteiger partial charge in [0, 0.05) is 13.0 Å². The first-order valence-corrected chi connectivity index (χ1v) is 5.64. The van der Waals surface area contributed by atoms with E-state index in [0.29, 0.717) is 12.3 Å². The van der Waals surface area contributed by atoms with Gasteiger partial charge >= 0.3 is 0 Å². The summed E-state index contributed by atoms with van der Waals surface area (Å²) < 4.78 is 5.73. The highest BCUT2D eigenvalue weighted by atomic mass is 16.3. The van der Waals surface area contributed by atoms with Crippen LogP contribution in [0, 0.1) is 6.92 Å². The van der Waals surface area contributed by atoms with Crippen molar-refractivity contribution in [1.29, 1.82) is 0 Å². The van der Waals surface area contributed by atoms with Gasteiger partial charge < -0.3 is 9.32 Å². The van der Waals surface area contributed by atoms with Crippen molar-refractivity contribution in [2.45, 2.75) is 38.6 Å². The molecular formula is C12H15NO2. The third-order valence-corrected chi connectivity index (χ3v) is 3.45. The van der Waals surface area contributed by atoms with Gasteiger partial charge in [0.15, 0.2) is 0 Å². The summed E-state index contributed by atoms with van der Waals surface area (Å²) in [7, 11) is 0. The number of nitrogens with zero attached hydrogens (tertiary/aromatic N) is 1. The lowest BCUT2D eigenvalue weighted by atomic mass is 9.92. The minimum absolute atomic E-state index is 0.226. The van der Waals surface area contributed by atoms with Crippen LogP contribution in [0.3, 0.4) is 0 Å². The molecule has 0 bridgehead atoms. The summed E-state index contributed by atoms with van der Waals surface area (Å²) in [5.74, 6) is 2.32. The normalized spacial score (nSPS) is 25.0. The van der Waals surface area contributed by atoms with E-state index in [9.17, 15) is 4.79 Å². The average molecular weight is 205 g/mol. The first-order chi connectivity index (χ1) is 7.25. The summed E-state index contributed by atoms with van der Waals surface area (Å²) >= 11 is 0. The summed E-state index contributed by atoms with van der Waals surface area (Å²) in [4.78, 5) is 13.7. The van der Waals surface area contributed by atoms with Crippen molar-refractivity contribution < 1.29 is 9.21 Å². The van der Waals surface area contributed by atoms with Crippen LogP contribution in [0.15, 0.2) is 10.5 Å². The second kappa shape index (κ2) is 3.12. The molecule has 0 saturated carbocycles. The molecule has 1 amide bonds. The molecule has 2 aliphatic heterocycles. The molecule has 0 aliphatic carbocycles. The van der Waals surface area contributed by atoms with Crippen molar-refractivity contribution >= 4 is 5.91 Å². The van der Waals surface area contributed by atoms with Gasteiger partial charge in [-0.25, -0.2) is 0 Å². The second-order valence-electron chi connectivity index (χ2n) is 4.49. The molecule has 0 N–H and O–H groups in total. The molecule has 3 heterocycles. The Morgan fingerprint density at radius 2 is 2.33 bits per heavy atom. The minimum atomic E-state index is 0.226. The Bertz CT molecular complexity index is 408. The van der Waals surface area contributed by atoms with Crippen molar-refractivity contribution in [3.63, 3.8) is 0 Å². The largest absolute Gasteiger partial charge is 0.464 e. The van der Waals surface area contributed by atoms with Crippen LogP contribution in [-0.2, 0) is 11.2 Å². The molecular weight excluding hydrogens is 190 g/mol. The van der Waals surface area contributed by atoms with Crippen LogP contribution in [0.1, 0.15) is 42.4 Å². The van der Waals surface area contributed by atoms with Crippen LogP contribution in [0.4, 0.5) is 0 Å². The number of furan rings is 1. The lowest BCUT2D eigenvalue weighted by molar-refractivity contribution is -0.137. The van der Waals surface area contributed by atoms with E-state index in [4.69, 9.17) is 4.42 Å². The van der Waals surface area contributed by atoms with Crippen molar-refractivity contribution in [2.75, 3.05) is 6.54 Å². The van der Waals surface area contributed by atoms with E-state index in [1.165, 1.54) is 5.56 Å². The molecule has 3 heteroatoms. The highest BCUT2D eigenvalue weighted by molar-refractivity contribution is 5.77. The lowest BCUT2D eigenvalue weighted by Crippen LogP contribution is -2.42. The topological polar surface area (TPSA) is 33.5 Å². The number of aryl methyl sites for hydroxylation is 1. The Balaban J connectivity index is 2.01. The minimum Gasteiger partial charge on any atom is -0.464 e. The number of rotatable bonds is 0. The number of carbonyl (C=O) groups excluding carboxylic acids is 1. The van der Waals surface area contributed by atoms with Gasteiger partial charge in [-0.15, -0.1) is 0 Å². The van der Waals surface area contributed by atoms with Crippen LogP contribution in [0.5, 0.6) is 0 Å². The Kier molecular flexibility index (Phi) is 1.87. The van der Waals surface area contributed by atoms with Gasteiger partial charge in [-0.05, 0) is 37.8 Å². The molecule has 0 radical (unpaired) electrons. The predicted molar refractivity (Wildman–Crippen MR) is 55.5 cm³/mol. The summed E-state index contributed by atoms with van der Waals surface area (Å²) in [6.45, 7) is 2.85. The summed E-state index contributed by atoms with van der Waals surface area (Å²) in [6.07, 6.45) is 3.73. The van der Waals surface area contributed by atoms with E-state index >= 15 is 0 Å². The zero-order chi connectivity index (χ0) is 10.4. The van der Waals surface area contributed by atoms with Gasteiger partial charge in [0.2, 0.25) is 5.91 Å². The Morgan fingerprint density at radius 1 is 1.47 bits per heavy atom. The SMILES string of the molecule is Cc1cc2c(o1)C1CCCC(=O)N1CC2. The second-order valence-corrected chi connectivity index (χ2v) is 4.49. The third-order valence-electron chi connectivity index (χ3n) is 3.45. The van der Waals surface area contributed by atoms with Crippen molar-refractivity contribution in [1.82, 2.24) is 4.90 Å². The number of hydrogen-bond acceptors (Lipinski definition) is 2. The van der Waals surface area contributed by atoms with Gasteiger partial charge in [0.05, 0.1) is 6.04 Å². The van der Waals surface area contributed by atoms with Crippen LogP contribution < -0.4 is 0 Å². The fourth-order valence-electron chi connectivity index (χ4n) is 2.78. The molecule has 80 valence electrons. The van der Waals surface area contributed by atoms with Crippen LogP contribution >= 0.6 is 0 Å². The first-order valence-electron chi connectivity index (χ1n) is 5.64. The van der Waals surface area contributed by atoms with Crippen LogP contribution in [0.2, 0.25) is 0 Å². The molecule has 0 aromatic carbocycles. The standard InChI is InChI=1S/C12H15NO2/c1-8-7-9-5-6-13-10(12(9)15-8)3-2-4-11(13)14/h7,10H,2-6H2,1H3. The Hall–Kier alpha value is -1.25. The van der Waals surface area contributed by atoms with Gasteiger partial charge in [-0.1, -0.05) is 0 Å². The van der Waals surface area contributed by atoms with Gasteiger partial charge in [0.25, 0.3) is 0 Å². The molecule has 2 aliphatic rings. The fourth-order valence-corrected chi connectivity index (χ4v) is 2.78. The average Bonchev–Trinajstić information content (AvgIpc) is 2.59. The first kappa shape index (κ1) is 9.01. The zero-order valence-electron chi connectivity index (χ0n) is 8.95. The maximum atomic E-state index is 11.7. The summed E-state index contributed by atoms with van der Waals surface area (Å²) in [6, 6.07) is 2.34. The predicted octanol–water partition coefficient (Wildman–Crippen LogP) is 2.20. The molecule has 1 unspecified atom stereocenters. The molecule has 0 spiro atoms. The van der Waals surface area contributed by atoms with Gasteiger partial charge in [0.1, 0.15) is 11.5 Å². The lowest BCUT2D eigenvalue weighted by Gasteiger charge is -2.38. The molecule has 3 nitrogen and oxygen atoms in total. The fraction of sp³-hybridized carbons (Fsp3) is 0.583. The third kappa shape index (κ3) is 1.29. The van der Waals surface area contributed by atoms with E-state index in [0.717, 1.165) is 37.3 Å². The van der Waals surface area contributed by atoms with Crippen molar-refractivity contribution in [3.05, 3.63) is 23.2 Å². The number of piperidine rings is 1. The van der Waals surface area contributed by atoms with Gasteiger partial charge in [-0.3, -0.25) is 4.79 Å². The van der Waals surface area contributed by atoms with E-state index in [-0.39, 0.29) is 6.04 Å². The van der Waals surface area contributed by atoms with E-state index in [1.807, 2.05) is 11.8 Å². The molecule has 1 aromatic heterocycles. The van der Waals surface area contributed by atoms with Crippen molar-refractivity contribution in [2.24, 2.45) is 0 Å². The molecule has 1 aromatic rings. The highest BCUT2D eigenvalue weighted by Gasteiger charge is 2.35. The number of amides is 1. The smallest absolute Gasteiger partial charge is 0.223 e. The molecule has 1 atom stereocenters. The summed E-state index contributed by atoms with van der Waals surface area (Å²) in [5.41, 5.74) is 1.31. The van der Waals surface area contributed by atoms with E-state index in [1.54, 1.807) is 0 Å². The van der Waals surface area contributed by atoms with E-state index in [2.05, 4.69) is 6.07 Å². The van der Waals surface area contributed by atoms with Crippen molar-refractivity contribution in [3.8, 4) is 0 Å².